The Kier molecular flexibility index (Phi) is 4.19. The third-order valence-corrected chi connectivity index (χ3v) is 2.90. The highest BCUT2D eigenvalue weighted by Gasteiger charge is 2.17. The molecule has 0 amide bonds. The molecule has 0 aliphatic heterocycles. The largest absolute Gasteiger partial charge is 0.459 e. The smallest absolute Gasteiger partial charge is 0.340 e. The molecule has 1 rings (SSSR count). The van der Waals surface area contributed by atoms with Gasteiger partial charge in [-0.05, 0) is 25.0 Å². The van der Waals surface area contributed by atoms with Gasteiger partial charge in [0.05, 0.1) is 16.3 Å². The normalized spacial score (nSPS) is 12.6. The fourth-order valence-corrected chi connectivity index (χ4v) is 1.28. The Bertz CT molecular complexity index is 391. The first-order valence-electron chi connectivity index (χ1n) is 5.18. The van der Waals surface area contributed by atoms with Crippen molar-refractivity contribution in [1.29, 1.82) is 0 Å². The van der Waals surface area contributed by atoms with E-state index in [1.54, 1.807) is 18.2 Å². The minimum absolute atomic E-state index is 0.148. The zero-order valence-electron chi connectivity index (χ0n) is 9.66. The molecule has 0 spiro atoms. The molecule has 0 aliphatic rings. The summed E-state index contributed by atoms with van der Waals surface area (Å²) >= 11 is 5.93. The molecule has 16 heavy (non-hydrogen) atoms. The molecule has 1 aromatic rings. The van der Waals surface area contributed by atoms with Crippen LogP contribution in [0.4, 0.5) is 5.69 Å². The van der Waals surface area contributed by atoms with Crippen molar-refractivity contribution in [2.45, 2.75) is 26.9 Å². The Labute approximate surface area is 101 Å². The second-order valence-corrected chi connectivity index (χ2v) is 4.44. The number of ether oxygens (including phenoxy) is 1. The molecular weight excluding hydrogens is 226 g/mol. The van der Waals surface area contributed by atoms with Crippen LogP contribution >= 0.6 is 11.6 Å². The van der Waals surface area contributed by atoms with Gasteiger partial charge in [0.1, 0.15) is 6.10 Å². The van der Waals surface area contributed by atoms with Gasteiger partial charge in [-0.15, -0.1) is 0 Å². The molecule has 1 unspecified atom stereocenters. The lowest BCUT2D eigenvalue weighted by atomic mass is 10.1. The van der Waals surface area contributed by atoms with Crippen LogP contribution in [0.15, 0.2) is 18.2 Å². The molecule has 88 valence electrons. The summed E-state index contributed by atoms with van der Waals surface area (Å²) in [5.41, 5.74) is 6.31. The van der Waals surface area contributed by atoms with Crippen LogP contribution < -0.4 is 5.73 Å². The van der Waals surface area contributed by atoms with Crippen LogP contribution in [0.2, 0.25) is 5.02 Å². The molecule has 4 heteroatoms. The van der Waals surface area contributed by atoms with Gasteiger partial charge in [-0.2, -0.15) is 0 Å². The van der Waals surface area contributed by atoms with Gasteiger partial charge in [0.15, 0.2) is 0 Å². The van der Waals surface area contributed by atoms with E-state index in [0.717, 1.165) is 0 Å². The summed E-state index contributed by atoms with van der Waals surface area (Å²) in [4.78, 5) is 11.8. The molecule has 0 radical (unpaired) electrons. The molecule has 0 aromatic heterocycles. The van der Waals surface area contributed by atoms with E-state index in [-0.39, 0.29) is 17.0 Å². The standard InChI is InChI=1S/C12H16ClNO2/c1-7(2)8(3)16-12(15)9-5-4-6-10(14)11(9)13/h4-8H,14H2,1-3H3. The first-order chi connectivity index (χ1) is 7.43. The van der Waals surface area contributed by atoms with Crippen molar-refractivity contribution in [3.63, 3.8) is 0 Å². The fraction of sp³-hybridized carbons (Fsp3) is 0.417. The quantitative estimate of drug-likeness (QED) is 0.654. The van der Waals surface area contributed by atoms with Crippen LogP contribution in [0.1, 0.15) is 31.1 Å². The minimum Gasteiger partial charge on any atom is -0.459 e. The van der Waals surface area contributed by atoms with Gasteiger partial charge in [0.2, 0.25) is 0 Å². The number of carbonyl (C=O) groups excluding carboxylic acids is 1. The molecule has 0 fully saturated rings. The van der Waals surface area contributed by atoms with Gasteiger partial charge in [0.25, 0.3) is 0 Å². The highest BCUT2D eigenvalue weighted by atomic mass is 35.5. The van der Waals surface area contributed by atoms with E-state index in [9.17, 15) is 4.79 Å². The van der Waals surface area contributed by atoms with E-state index in [4.69, 9.17) is 22.1 Å². The Morgan fingerprint density at radius 3 is 2.56 bits per heavy atom. The molecule has 0 saturated heterocycles. The number of esters is 1. The van der Waals surface area contributed by atoms with Gasteiger partial charge in [0, 0.05) is 0 Å². The van der Waals surface area contributed by atoms with E-state index >= 15 is 0 Å². The first-order valence-corrected chi connectivity index (χ1v) is 5.56. The van der Waals surface area contributed by atoms with E-state index in [0.29, 0.717) is 11.3 Å². The van der Waals surface area contributed by atoms with Crippen LogP contribution in [-0.2, 0) is 4.74 Å². The van der Waals surface area contributed by atoms with Crippen molar-refractivity contribution >= 4 is 23.3 Å². The molecule has 3 nitrogen and oxygen atoms in total. The maximum absolute atomic E-state index is 11.8. The number of anilines is 1. The molecule has 1 atom stereocenters. The number of hydrogen-bond acceptors (Lipinski definition) is 3. The third-order valence-electron chi connectivity index (χ3n) is 2.48. The van der Waals surface area contributed by atoms with Gasteiger partial charge < -0.3 is 10.5 Å². The maximum Gasteiger partial charge on any atom is 0.340 e. The monoisotopic (exact) mass is 241 g/mol. The number of benzene rings is 1. The second kappa shape index (κ2) is 5.21. The van der Waals surface area contributed by atoms with Gasteiger partial charge in [-0.3, -0.25) is 0 Å². The zero-order valence-corrected chi connectivity index (χ0v) is 10.4. The molecular formula is C12H16ClNO2. The van der Waals surface area contributed by atoms with Crippen molar-refractivity contribution in [1.82, 2.24) is 0 Å². The predicted octanol–water partition coefficient (Wildman–Crippen LogP) is 3.12. The van der Waals surface area contributed by atoms with Crippen molar-refractivity contribution in [3.05, 3.63) is 28.8 Å². The number of nitrogen functional groups attached to an aromatic ring is 1. The third kappa shape index (κ3) is 2.89. The number of nitrogens with two attached hydrogens (primary N) is 1. The Hall–Kier alpha value is -1.22. The molecule has 0 bridgehead atoms. The number of rotatable bonds is 3. The Balaban J connectivity index is 2.85. The zero-order chi connectivity index (χ0) is 12.3. The van der Waals surface area contributed by atoms with Crippen LogP contribution in [0.25, 0.3) is 0 Å². The summed E-state index contributed by atoms with van der Waals surface area (Å²) in [6.07, 6.45) is -0.148. The van der Waals surface area contributed by atoms with Crippen LogP contribution in [0.5, 0.6) is 0 Å². The van der Waals surface area contributed by atoms with E-state index in [1.165, 1.54) is 0 Å². The van der Waals surface area contributed by atoms with E-state index < -0.39 is 5.97 Å². The Morgan fingerprint density at radius 2 is 2.00 bits per heavy atom. The van der Waals surface area contributed by atoms with Crippen molar-refractivity contribution in [2.75, 3.05) is 5.73 Å². The average Bonchev–Trinajstić information content (AvgIpc) is 2.21. The second-order valence-electron chi connectivity index (χ2n) is 4.06. The first kappa shape index (κ1) is 12.8. The van der Waals surface area contributed by atoms with E-state index in [2.05, 4.69) is 0 Å². The molecule has 0 heterocycles. The minimum atomic E-state index is -0.432. The predicted molar refractivity (Wildman–Crippen MR) is 65.6 cm³/mol. The molecule has 1 aromatic carbocycles. The maximum atomic E-state index is 11.8. The highest BCUT2D eigenvalue weighted by molar-refractivity contribution is 6.36. The summed E-state index contributed by atoms with van der Waals surface area (Å²) in [6.45, 7) is 5.82. The SMILES string of the molecule is CC(C)C(C)OC(=O)c1cccc(N)c1Cl. The summed E-state index contributed by atoms with van der Waals surface area (Å²) in [5, 5.41) is 0.253. The van der Waals surface area contributed by atoms with Crippen LogP contribution in [0, 0.1) is 5.92 Å². The summed E-state index contributed by atoms with van der Waals surface area (Å²) < 4.78 is 5.25. The highest BCUT2D eigenvalue weighted by Crippen LogP contribution is 2.24. The number of halogens is 1. The number of hydrogen-bond donors (Lipinski definition) is 1. The van der Waals surface area contributed by atoms with Crippen LogP contribution in [0.3, 0.4) is 0 Å². The number of carbonyl (C=O) groups is 1. The topological polar surface area (TPSA) is 52.3 Å². The van der Waals surface area contributed by atoms with Gasteiger partial charge >= 0.3 is 5.97 Å². The van der Waals surface area contributed by atoms with Gasteiger partial charge in [-0.1, -0.05) is 31.5 Å². The molecule has 0 aliphatic carbocycles. The molecule has 0 saturated carbocycles. The Morgan fingerprint density at radius 1 is 1.38 bits per heavy atom. The van der Waals surface area contributed by atoms with E-state index in [1.807, 2.05) is 20.8 Å². The van der Waals surface area contributed by atoms with Crippen molar-refractivity contribution in [3.8, 4) is 0 Å². The summed E-state index contributed by atoms with van der Waals surface area (Å²) in [6, 6.07) is 4.93. The summed E-state index contributed by atoms with van der Waals surface area (Å²) in [5.74, 6) is -0.165. The van der Waals surface area contributed by atoms with Crippen LogP contribution in [-0.4, -0.2) is 12.1 Å². The average molecular weight is 242 g/mol. The van der Waals surface area contributed by atoms with Crippen molar-refractivity contribution in [2.24, 2.45) is 5.92 Å². The lowest BCUT2D eigenvalue weighted by Gasteiger charge is -2.17. The molecule has 2 N–H and O–H groups in total. The van der Waals surface area contributed by atoms with Gasteiger partial charge in [-0.25, -0.2) is 4.79 Å². The van der Waals surface area contributed by atoms with Crippen molar-refractivity contribution < 1.29 is 9.53 Å². The lowest BCUT2D eigenvalue weighted by molar-refractivity contribution is 0.0238. The summed E-state index contributed by atoms with van der Waals surface area (Å²) in [7, 11) is 0. The lowest BCUT2D eigenvalue weighted by Crippen LogP contribution is -2.20. The fourth-order valence-electron chi connectivity index (χ4n) is 1.08.